The van der Waals surface area contributed by atoms with Crippen LogP contribution in [0, 0.1) is 5.92 Å². The number of hydrogen-bond acceptors (Lipinski definition) is 3. The number of nitrogens with zero attached hydrogens (tertiary/aromatic N) is 1. The fourth-order valence-electron chi connectivity index (χ4n) is 2.48. The van der Waals surface area contributed by atoms with Crippen molar-refractivity contribution < 1.29 is 4.79 Å². The molecule has 0 spiro atoms. The molecule has 1 rings (SSSR count). The third kappa shape index (κ3) is 4.94. The summed E-state index contributed by atoms with van der Waals surface area (Å²) in [4.78, 5) is 14.3. The van der Waals surface area contributed by atoms with E-state index in [2.05, 4.69) is 22.6 Å². The van der Waals surface area contributed by atoms with Gasteiger partial charge in [0.05, 0.1) is 5.54 Å². The summed E-state index contributed by atoms with van der Waals surface area (Å²) in [7, 11) is 2.18. The van der Waals surface area contributed by atoms with Crippen LogP contribution < -0.4 is 10.6 Å². The standard InChI is InChI=1S/C14H29N3O/c1-5-16-14(2,3)13(18)15-9-6-12-7-10-17(4)11-8-12/h12,16H,5-11H2,1-4H3,(H,15,18). The number of likely N-dealkylation sites (tertiary alicyclic amines) is 1. The van der Waals surface area contributed by atoms with Crippen molar-refractivity contribution in [2.45, 2.75) is 45.6 Å². The zero-order valence-corrected chi connectivity index (χ0v) is 12.4. The first kappa shape index (κ1) is 15.4. The Morgan fingerprint density at radius 3 is 2.50 bits per heavy atom. The monoisotopic (exact) mass is 255 g/mol. The molecule has 1 amide bonds. The number of carbonyl (C=O) groups is 1. The lowest BCUT2D eigenvalue weighted by molar-refractivity contribution is -0.126. The van der Waals surface area contributed by atoms with Crippen LogP contribution in [0.4, 0.5) is 0 Å². The molecule has 1 aliphatic rings. The molecular weight excluding hydrogens is 226 g/mol. The highest BCUT2D eigenvalue weighted by Gasteiger charge is 2.26. The lowest BCUT2D eigenvalue weighted by atomic mass is 9.93. The van der Waals surface area contributed by atoms with Crippen LogP contribution in [0.3, 0.4) is 0 Å². The molecule has 106 valence electrons. The van der Waals surface area contributed by atoms with Gasteiger partial charge in [0, 0.05) is 6.54 Å². The number of amides is 1. The molecule has 2 N–H and O–H groups in total. The second kappa shape index (κ2) is 7.10. The van der Waals surface area contributed by atoms with E-state index >= 15 is 0 Å². The Morgan fingerprint density at radius 1 is 1.33 bits per heavy atom. The highest BCUT2D eigenvalue weighted by atomic mass is 16.2. The highest BCUT2D eigenvalue weighted by molar-refractivity contribution is 5.85. The Labute approximate surface area is 111 Å². The molecule has 0 aromatic carbocycles. The van der Waals surface area contributed by atoms with Crippen molar-refractivity contribution in [3.8, 4) is 0 Å². The van der Waals surface area contributed by atoms with Crippen LogP contribution in [-0.4, -0.2) is 49.6 Å². The van der Waals surface area contributed by atoms with Crippen LogP contribution in [0.1, 0.15) is 40.0 Å². The number of piperidine rings is 1. The largest absolute Gasteiger partial charge is 0.355 e. The molecular formula is C14H29N3O. The fourth-order valence-corrected chi connectivity index (χ4v) is 2.48. The second-order valence-electron chi connectivity index (χ2n) is 5.95. The van der Waals surface area contributed by atoms with Crippen molar-refractivity contribution in [2.24, 2.45) is 5.92 Å². The summed E-state index contributed by atoms with van der Waals surface area (Å²) in [5.74, 6) is 0.890. The number of likely N-dealkylation sites (N-methyl/N-ethyl adjacent to an activating group) is 1. The van der Waals surface area contributed by atoms with Crippen LogP contribution in [0.5, 0.6) is 0 Å². The average molecular weight is 255 g/mol. The minimum atomic E-state index is -0.457. The number of rotatable bonds is 6. The van der Waals surface area contributed by atoms with Gasteiger partial charge in [-0.05, 0) is 65.7 Å². The van der Waals surface area contributed by atoms with Gasteiger partial charge in [-0.3, -0.25) is 4.79 Å². The summed E-state index contributed by atoms with van der Waals surface area (Å²) in [6.07, 6.45) is 3.65. The predicted molar refractivity (Wildman–Crippen MR) is 75.6 cm³/mol. The molecule has 0 aromatic rings. The van der Waals surface area contributed by atoms with Crippen molar-refractivity contribution in [2.75, 3.05) is 33.2 Å². The normalized spacial score (nSPS) is 18.9. The minimum Gasteiger partial charge on any atom is -0.355 e. The summed E-state index contributed by atoms with van der Waals surface area (Å²) in [6.45, 7) is 9.90. The fraction of sp³-hybridized carbons (Fsp3) is 0.929. The molecule has 1 fully saturated rings. The first-order valence-corrected chi connectivity index (χ1v) is 7.17. The van der Waals surface area contributed by atoms with Gasteiger partial charge < -0.3 is 15.5 Å². The molecule has 0 unspecified atom stereocenters. The van der Waals surface area contributed by atoms with Crippen LogP contribution in [0.25, 0.3) is 0 Å². The maximum atomic E-state index is 12.0. The Hall–Kier alpha value is -0.610. The number of nitrogens with one attached hydrogen (secondary N) is 2. The van der Waals surface area contributed by atoms with E-state index in [-0.39, 0.29) is 5.91 Å². The number of carbonyl (C=O) groups excluding carboxylic acids is 1. The summed E-state index contributed by atoms with van der Waals surface area (Å²) < 4.78 is 0. The third-order valence-corrected chi connectivity index (χ3v) is 3.86. The Morgan fingerprint density at radius 2 is 1.94 bits per heavy atom. The van der Waals surface area contributed by atoms with E-state index in [1.54, 1.807) is 0 Å². The minimum absolute atomic E-state index is 0.109. The van der Waals surface area contributed by atoms with Gasteiger partial charge in [-0.25, -0.2) is 0 Å². The van der Waals surface area contributed by atoms with Crippen molar-refractivity contribution in [3.05, 3.63) is 0 Å². The van der Waals surface area contributed by atoms with Gasteiger partial charge in [-0.1, -0.05) is 6.92 Å². The summed E-state index contributed by atoms with van der Waals surface area (Å²) in [6, 6.07) is 0. The molecule has 0 saturated carbocycles. The molecule has 1 heterocycles. The van der Waals surface area contributed by atoms with Gasteiger partial charge in [0.1, 0.15) is 0 Å². The van der Waals surface area contributed by atoms with E-state index in [1.165, 1.54) is 25.9 Å². The topological polar surface area (TPSA) is 44.4 Å². The molecule has 0 aromatic heterocycles. The lowest BCUT2D eigenvalue weighted by Gasteiger charge is -2.29. The zero-order chi connectivity index (χ0) is 13.6. The van der Waals surface area contributed by atoms with E-state index in [4.69, 9.17) is 0 Å². The third-order valence-electron chi connectivity index (χ3n) is 3.86. The zero-order valence-electron chi connectivity index (χ0n) is 12.4. The van der Waals surface area contributed by atoms with E-state index in [0.717, 1.165) is 25.4 Å². The molecule has 4 nitrogen and oxygen atoms in total. The van der Waals surface area contributed by atoms with Crippen LogP contribution in [0.15, 0.2) is 0 Å². The van der Waals surface area contributed by atoms with E-state index in [1.807, 2.05) is 20.8 Å². The van der Waals surface area contributed by atoms with Crippen LogP contribution in [-0.2, 0) is 4.79 Å². The molecule has 0 atom stereocenters. The van der Waals surface area contributed by atoms with Gasteiger partial charge in [0.2, 0.25) is 5.91 Å². The number of hydrogen-bond donors (Lipinski definition) is 2. The Bertz CT molecular complexity index is 258. The van der Waals surface area contributed by atoms with E-state index in [0.29, 0.717) is 0 Å². The van der Waals surface area contributed by atoms with Crippen LogP contribution >= 0.6 is 0 Å². The summed E-state index contributed by atoms with van der Waals surface area (Å²) in [5.41, 5.74) is -0.457. The smallest absolute Gasteiger partial charge is 0.239 e. The summed E-state index contributed by atoms with van der Waals surface area (Å²) in [5, 5.41) is 6.25. The first-order chi connectivity index (χ1) is 8.45. The SMILES string of the molecule is CCNC(C)(C)C(=O)NCCC1CCN(C)CC1. The first-order valence-electron chi connectivity index (χ1n) is 7.17. The van der Waals surface area contributed by atoms with Gasteiger partial charge >= 0.3 is 0 Å². The second-order valence-corrected chi connectivity index (χ2v) is 5.95. The summed E-state index contributed by atoms with van der Waals surface area (Å²) >= 11 is 0. The van der Waals surface area contributed by atoms with Crippen molar-refractivity contribution in [3.63, 3.8) is 0 Å². The molecule has 0 bridgehead atoms. The average Bonchev–Trinajstić information content (AvgIpc) is 2.31. The van der Waals surface area contributed by atoms with Gasteiger partial charge in [0.25, 0.3) is 0 Å². The molecule has 0 radical (unpaired) electrons. The predicted octanol–water partition coefficient (Wildman–Crippen LogP) is 1.22. The van der Waals surface area contributed by atoms with Gasteiger partial charge in [0.15, 0.2) is 0 Å². The van der Waals surface area contributed by atoms with Crippen molar-refractivity contribution >= 4 is 5.91 Å². The maximum Gasteiger partial charge on any atom is 0.239 e. The van der Waals surface area contributed by atoms with E-state index < -0.39 is 5.54 Å². The van der Waals surface area contributed by atoms with Crippen molar-refractivity contribution in [1.82, 2.24) is 15.5 Å². The van der Waals surface area contributed by atoms with Crippen LogP contribution in [0.2, 0.25) is 0 Å². The quantitative estimate of drug-likeness (QED) is 0.750. The van der Waals surface area contributed by atoms with E-state index in [9.17, 15) is 4.79 Å². The molecule has 4 heteroatoms. The molecule has 1 saturated heterocycles. The van der Waals surface area contributed by atoms with Crippen molar-refractivity contribution in [1.29, 1.82) is 0 Å². The molecule has 18 heavy (non-hydrogen) atoms. The van der Waals surface area contributed by atoms with Gasteiger partial charge in [-0.2, -0.15) is 0 Å². The highest BCUT2D eigenvalue weighted by Crippen LogP contribution is 2.18. The Kier molecular flexibility index (Phi) is 6.09. The van der Waals surface area contributed by atoms with Gasteiger partial charge in [-0.15, -0.1) is 0 Å². The Balaban J connectivity index is 2.19. The lowest BCUT2D eigenvalue weighted by Crippen LogP contribution is -2.52. The molecule has 0 aliphatic carbocycles. The maximum absolute atomic E-state index is 12.0. The molecule has 1 aliphatic heterocycles.